The number of esters is 1. The van der Waals surface area contributed by atoms with Crippen molar-refractivity contribution in [2.24, 2.45) is 0 Å². The number of benzene rings is 2. The Kier molecular flexibility index (Phi) is 3.84. The number of hydrogen-bond acceptors (Lipinski definition) is 4. The molecule has 104 valence electrons. The normalized spacial score (nSPS) is 10.2. The zero-order valence-corrected chi connectivity index (χ0v) is 10.5. The van der Waals surface area contributed by atoms with Crippen LogP contribution in [0.4, 0.5) is 14.5 Å². The first kappa shape index (κ1) is 13.8. The van der Waals surface area contributed by atoms with Crippen molar-refractivity contribution in [3.05, 3.63) is 53.6 Å². The molecular formula is C14H11F2NO3. The Hall–Kier alpha value is -2.63. The second-order valence-corrected chi connectivity index (χ2v) is 3.95. The second kappa shape index (κ2) is 5.56. The van der Waals surface area contributed by atoms with Gasteiger partial charge >= 0.3 is 5.97 Å². The highest BCUT2D eigenvalue weighted by Gasteiger charge is 2.12. The lowest BCUT2D eigenvalue weighted by Crippen LogP contribution is -2.05. The zero-order chi connectivity index (χ0) is 14.7. The van der Waals surface area contributed by atoms with E-state index in [1.165, 1.54) is 25.3 Å². The highest BCUT2D eigenvalue weighted by Crippen LogP contribution is 2.26. The molecule has 0 bridgehead atoms. The van der Waals surface area contributed by atoms with Gasteiger partial charge in [-0.15, -0.1) is 0 Å². The van der Waals surface area contributed by atoms with Gasteiger partial charge in [-0.2, -0.15) is 0 Å². The lowest BCUT2D eigenvalue weighted by Gasteiger charge is -2.09. The van der Waals surface area contributed by atoms with Crippen molar-refractivity contribution in [2.45, 2.75) is 0 Å². The molecule has 0 aliphatic rings. The van der Waals surface area contributed by atoms with Gasteiger partial charge in [0.25, 0.3) is 0 Å². The molecule has 0 amide bonds. The molecule has 2 aromatic rings. The zero-order valence-electron chi connectivity index (χ0n) is 10.5. The molecule has 0 atom stereocenters. The molecule has 0 saturated heterocycles. The first-order valence-electron chi connectivity index (χ1n) is 5.61. The Morgan fingerprint density at radius 2 is 1.70 bits per heavy atom. The van der Waals surface area contributed by atoms with E-state index in [0.717, 1.165) is 18.2 Å². The molecule has 0 aliphatic heterocycles. The summed E-state index contributed by atoms with van der Waals surface area (Å²) in [5.74, 6) is -1.96. The molecule has 20 heavy (non-hydrogen) atoms. The Bertz CT molecular complexity index is 639. The topological polar surface area (TPSA) is 61.5 Å². The number of nitrogens with two attached hydrogens (primary N) is 1. The number of halogens is 2. The van der Waals surface area contributed by atoms with Crippen molar-refractivity contribution in [1.82, 2.24) is 0 Å². The Morgan fingerprint density at radius 3 is 2.30 bits per heavy atom. The number of methoxy groups -OCH3 is 1. The number of anilines is 1. The predicted octanol–water partition coefficient (Wildman–Crippen LogP) is 3.13. The SMILES string of the molecule is COC(=O)c1cc(Oc2cc(F)cc(F)c2)ccc1N. The van der Waals surface area contributed by atoms with Gasteiger partial charge in [0.2, 0.25) is 0 Å². The van der Waals surface area contributed by atoms with Crippen LogP contribution in [-0.2, 0) is 4.74 Å². The van der Waals surface area contributed by atoms with Crippen molar-refractivity contribution in [3.63, 3.8) is 0 Å². The molecule has 0 unspecified atom stereocenters. The van der Waals surface area contributed by atoms with Crippen LogP contribution >= 0.6 is 0 Å². The number of hydrogen-bond donors (Lipinski definition) is 1. The molecule has 2 N–H and O–H groups in total. The van der Waals surface area contributed by atoms with E-state index in [4.69, 9.17) is 10.5 Å². The molecule has 0 saturated carbocycles. The monoisotopic (exact) mass is 279 g/mol. The van der Waals surface area contributed by atoms with Crippen LogP contribution in [0.15, 0.2) is 36.4 Å². The van der Waals surface area contributed by atoms with Crippen LogP contribution in [0.1, 0.15) is 10.4 Å². The molecule has 0 aromatic heterocycles. The van der Waals surface area contributed by atoms with Gasteiger partial charge in [0.05, 0.1) is 12.7 Å². The van der Waals surface area contributed by atoms with Gasteiger partial charge in [0.15, 0.2) is 0 Å². The molecular weight excluding hydrogens is 268 g/mol. The fraction of sp³-hybridized carbons (Fsp3) is 0.0714. The molecule has 0 radical (unpaired) electrons. The van der Waals surface area contributed by atoms with Gasteiger partial charge in [-0.05, 0) is 18.2 Å². The number of nitrogen functional groups attached to an aromatic ring is 1. The lowest BCUT2D eigenvalue weighted by atomic mass is 10.1. The van der Waals surface area contributed by atoms with Crippen molar-refractivity contribution in [1.29, 1.82) is 0 Å². The van der Waals surface area contributed by atoms with Gasteiger partial charge in [0, 0.05) is 23.9 Å². The summed E-state index contributed by atoms with van der Waals surface area (Å²) in [5.41, 5.74) is 5.96. The van der Waals surface area contributed by atoms with E-state index in [9.17, 15) is 13.6 Å². The summed E-state index contributed by atoms with van der Waals surface area (Å²) in [6.07, 6.45) is 0. The minimum Gasteiger partial charge on any atom is -0.465 e. The summed E-state index contributed by atoms with van der Waals surface area (Å²) >= 11 is 0. The van der Waals surface area contributed by atoms with Gasteiger partial charge < -0.3 is 15.2 Å². The van der Waals surface area contributed by atoms with E-state index in [-0.39, 0.29) is 22.7 Å². The number of carbonyl (C=O) groups excluding carboxylic acids is 1. The van der Waals surface area contributed by atoms with E-state index in [2.05, 4.69) is 4.74 Å². The fourth-order valence-corrected chi connectivity index (χ4v) is 1.61. The molecule has 2 rings (SSSR count). The number of rotatable bonds is 3. The van der Waals surface area contributed by atoms with Crippen LogP contribution in [0.5, 0.6) is 11.5 Å². The largest absolute Gasteiger partial charge is 0.465 e. The number of carbonyl (C=O) groups is 1. The minimum atomic E-state index is -0.761. The maximum Gasteiger partial charge on any atom is 0.340 e. The maximum absolute atomic E-state index is 13.0. The van der Waals surface area contributed by atoms with Crippen LogP contribution in [-0.4, -0.2) is 13.1 Å². The average molecular weight is 279 g/mol. The Labute approximate surface area is 113 Å². The summed E-state index contributed by atoms with van der Waals surface area (Å²) in [7, 11) is 1.22. The molecule has 6 heteroatoms. The Morgan fingerprint density at radius 1 is 1.05 bits per heavy atom. The van der Waals surface area contributed by atoms with E-state index >= 15 is 0 Å². The third-order valence-electron chi connectivity index (χ3n) is 2.50. The van der Waals surface area contributed by atoms with Crippen LogP contribution in [0.25, 0.3) is 0 Å². The van der Waals surface area contributed by atoms with Gasteiger partial charge in [-0.1, -0.05) is 0 Å². The van der Waals surface area contributed by atoms with Crippen molar-refractivity contribution in [3.8, 4) is 11.5 Å². The standard InChI is InChI=1S/C14H11F2NO3/c1-19-14(18)12-7-10(2-3-13(12)17)20-11-5-8(15)4-9(16)6-11/h2-7H,17H2,1H3. The molecule has 0 heterocycles. The molecule has 0 fully saturated rings. The summed E-state index contributed by atoms with van der Waals surface area (Å²) in [6, 6.07) is 7.04. The molecule has 0 aliphatic carbocycles. The Balaban J connectivity index is 2.32. The minimum absolute atomic E-state index is 0.0249. The predicted molar refractivity (Wildman–Crippen MR) is 68.6 cm³/mol. The third kappa shape index (κ3) is 3.03. The van der Waals surface area contributed by atoms with Crippen molar-refractivity contribution in [2.75, 3.05) is 12.8 Å². The first-order chi connectivity index (χ1) is 9.49. The number of ether oxygens (including phenoxy) is 2. The van der Waals surface area contributed by atoms with Crippen LogP contribution in [0.3, 0.4) is 0 Å². The van der Waals surface area contributed by atoms with Crippen molar-refractivity contribution < 1.29 is 23.0 Å². The van der Waals surface area contributed by atoms with E-state index < -0.39 is 17.6 Å². The highest BCUT2D eigenvalue weighted by molar-refractivity contribution is 5.95. The fourth-order valence-electron chi connectivity index (χ4n) is 1.61. The summed E-state index contributed by atoms with van der Waals surface area (Å²) in [6.45, 7) is 0. The first-order valence-corrected chi connectivity index (χ1v) is 5.61. The van der Waals surface area contributed by atoms with Crippen molar-refractivity contribution >= 4 is 11.7 Å². The van der Waals surface area contributed by atoms with Gasteiger partial charge in [-0.3, -0.25) is 0 Å². The van der Waals surface area contributed by atoms with Crippen LogP contribution < -0.4 is 10.5 Å². The smallest absolute Gasteiger partial charge is 0.340 e. The molecule has 0 spiro atoms. The third-order valence-corrected chi connectivity index (χ3v) is 2.50. The van der Waals surface area contributed by atoms with E-state index in [0.29, 0.717) is 0 Å². The quantitative estimate of drug-likeness (QED) is 0.692. The molecule has 4 nitrogen and oxygen atoms in total. The maximum atomic E-state index is 13.0. The summed E-state index contributed by atoms with van der Waals surface area (Å²) in [4.78, 5) is 11.5. The highest BCUT2D eigenvalue weighted by atomic mass is 19.1. The van der Waals surface area contributed by atoms with Crippen LogP contribution in [0, 0.1) is 11.6 Å². The van der Waals surface area contributed by atoms with Crippen LogP contribution in [0.2, 0.25) is 0 Å². The second-order valence-electron chi connectivity index (χ2n) is 3.95. The summed E-state index contributed by atoms with van der Waals surface area (Å²) < 4.78 is 35.9. The van der Waals surface area contributed by atoms with E-state index in [1.807, 2.05) is 0 Å². The summed E-state index contributed by atoms with van der Waals surface area (Å²) in [5, 5.41) is 0. The van der Waals surface area contributed by atoms with Gasteiger partial charge in [-0.25, -0.2) is 13.6 Å². The lowest BCUT2D eigenvalue weighted by molar-refractivity contribution is 0.0601. The molecule has 2 aromatic carbocycles. The van der Waals surface area contributed by atoms with E-state index in [1.54, 1.807) is 0 Å². The van der Waals surface area contributed by atoms with Gasteiger partial charge in [0.1, 0.15) is 23.1 Å². The average Bonchev–Trinajstić information content (AvgIpc) is 2.39.